The molecule has 6 nitrogen and oxygen atoms in total. The van der Waals surface area contributed by atoms with Gasteiger partial charge in [0.15, 0.2) is 15.5 Å². The van der Waals surface area contributed by atoms with Crippen LogP contribution < -0.4 is 4.57 Å². The smallest absolute Gasteiger partial charge is 0.270 e. The average molecular weight is 542 g/mol. The summed E-state index contributed by atoms with van der Waals surface area (Å²) in [5.74, 6) is -0.530. The topological polar surface area (TPSA) is 94.3 Å². The van der Waals surface area contributed by atoms with Gasteiger partial charge in [-0.1, -0.05) is 30.3 Å². The van der Waals surface area contributed by atoms with Crippen molar-refractivity contribution in [2.75, 3.05) is 6.26 Å². The number of sulfone groups is 1. The van der Waals surface area contributed by atoms with Crippen LogP contribution >= 0.6 is 0 Å². The first-order chi connectivity index (χ1) is 17.6. The van der Waals surface area contributed by atoms with Gasteiger partial charge in [0.05, 0.1) is 16.9 Å². The van der Waals surface area contributed by atoms with Crippen LogP contribution in [0.15, 0.2) is 71.8 Å². The van der Waals surface area contributed by atoms with E-state index in [1.807, 2.05) is 18.4 Å². The van der Waals surface area contributed by atoms with Gasteiger partial charge in [0.2, 0.25) is 0 Å². The lowest BCUT2D eigenvalue weighted by Crippen LogP contribution is -2.41. The minimum Gasteiger partial charge on any atom is -0.392 e. The molecule has 0 bridgehead atoms. The third-order valence-corrected chi connectivity index (χ3v) is 7.90. The number of nitrogens with zero attached hydrogens (tertiary/aromatic N) is 1. The molecule has 4 aromatic rings. The van der Waals surface area contributed by atoms with Crippen LogP contribution in [0.25, 0.3) is 16.8 Å². The van der Waals surface area contributed by atoms with Gasteiger partial charge in [-0.15, -0.1) is 0 Å². The molecular formula is C29H31F2N2O4S+. The van der Waals surface area contributed by atoms with E-state index in [1.54, 1.807) is 62.5 Å². The summed E-state index contributed by atoms with van der Waals surface area (Å²) < 4.78 is 55.8. The molecule has 9 heteroatoms. The number of aromatic amines is 1. The molecule has 0 unspecified atom stereocenters. The highest BCUT2D eigenvalue weighted by atomic mass is 32.2. The SMILES string of the molecule is CC(C)(O)c1c[n+](-c2ccc(-c3cc(F)c(CO)c(S(C)(=O)=O)c3)cc2)c(C(C)(C)c2ccccc2F)[nH]1. The second kappa shape index (κ2) is 9.72. The summed E-state index contributed by atoms with van der Waals surface area (Å²) in [6, 6.07) is 16.1. The van der Waals surface area contributed by atoms with Crippen LogP contribution in [0, 0.1) is 11.6 Å². The van der Waals surface area contributed by atoms with E-state index in [9.17, 15) is 27.4 Å². The first-order valence-corrected chi connectivity index (χ1v) is 13.9. The van der Waals surface area contributed by atoms with Crippen LogP contribution in [-0.4, -0.2) is 29.9 Å². The molecule has 0 fully saturated rings. The fourth-order valence-corrected chi connectivity index (χ4v) is 5.51. The number of nitrogens with one attached hydrogen (secondary N) is 1. The van der Waals surface area contributed by atoms with Gasteiger partial charge in [-0.05, 0) is 69.2 Å². The van der Waals surface area contributed by atoms with Gasteiger partial charge < -0.3 is 10.2 Å². The fourth-order valence-electron chi connectivity index (χ4n) is 4.56. The Balaban J connectivity index is 1.84. The molecule has 0 aliphatic heterocycles. The third kappa shape index (κ3) is 5.14. The monoisotopic (exact) mass is 541 g/mol. The standard InChI is InChI=1S/C29H30F2N2O4S/c1-28(2,22-8-6-7-9-23(22)30)27-32-26(29(3,4)35)16-33(27)20-12-10-18(11-13-20)19-14-24(31)21(17-34)25(15-19)38(5,36)37/h6-16,34-35H,17H2,1-5H3/p+1. The van der Waals surface area contributed by atoms with Crippen molar-refractivity contribution in [2.24, 2.45) is 0 Å². The van der Waals surface area contributed by atoms with Gasteiger partial charge in [-0.2, -0.15) is 4.57 Å². The molecule has 0 aliphatic rings. The van der Waals surface area contributed by atoms with E-state index < -0.39 is 33.3 Å². The first kappa shape index (κ1) is 27.6. The van der Waals surface area contributed by atoms with E-state index in [4.69, 9.17) is 0 Å². The number of benzene rings is 3. The van der Waals surface area contributed by atoms with Crippen LogP contribution in [-0.2, 0) is 27.5 Å². The molecule has 38 heavy (non-hydrogen) atoms. The zero-order chi connectivity index (χ0) is 28.0. The summed E-state index contributed by atoms with van der Waals surface area (Å²) in [6.45, 7) is 6.33. The molecule has 1 heterocycles. The minimum atomic E-state index is -3.78. The molecule has 200 valence electrons. The van der Waals surface area contributed by atoms with Crippen molar-refractivity contribution in [2.45, 2.75) is 50.2 Å². The van der Waals surface area contributed by atoms with Crippen LogP contribution in [0.4, 0.5) is 8.78 Å². The number of aliphatic hydroxyl groups is 2. The number of hydrogen-bond acceptors (Lipinski definition) is 4. The largest absolute Gasteiger partial charge is 0.392 e. The third-order valence-electron chi connectivity index (χ3n) is 6.74. The van der Waals surface area contributed by atoms with Gasteiger partial charge >= 0.3 is 0 Å². The summed E-state index contributed by atoms with van der Waals surface area (Å²) in [7, 11) is -3.78. The molecule has 0 amide bonds. The van der Waals surface area contributed by atoms with Crippen LogP contribution in [0.3, 0.4) is 0 Å². The number of halogens is 2. The Morgan fingerprint density at radius 2 is 1.55 bits per heavy atom. The Morgan fingerprint density at radius 3 is 2.11 bits per heavy atom. The Labute approximate surface area is 221 Å². The fraction of sp³-hybridized carbons (Fsp3) is 0.276. The quantitative estimate of drug-likeness (QED) is 0.296. The van der Waals surface area contributed by atoms with Crippen molar-refractivity contribution in [3.8, 4) is 16.8 Å². The van der Waals surface area contributed by atoms with Crippen LogP contribution in [0.2, 0.25) is 0 Å². The lowest BCUT2D eigenvalue weighted by Gasteiger charge is -2.22. The van der Waals surface area contributed by atoms with E-state index in [2.05, 4.69) is 4.98 Å². The van der Waals surface area contributed by atoms with Crippen molar-refractivity contribution in [1.82, 2.24) is 4.98 Å². The zero-order valence-corrected chi connectivity index (χ0v) is 22.7. The molecule has 0 radical (unpaired) electrons. The molecule has 0 atom stereocenters. The van der Waals surface area contributed by atoms with E-state index in [0.29, 0.717) is 33.9 Å². The normalized spacial score (nSPS) is 12.7. The summed E-state index contributed by atoms with van der Waals surface area (Å²) in [6.07, 6.45) is 2.72. The molecule has 0 aliphatic carbocycles. The Hall–Kier alpha value is -3.40. The number of imidazole rings is 1. The Kier molecular flexibility index (Phi) is 7.07. The lowest BCUT2D eigenvalue weighted by atomic mass is 9.83. The predicted octanol–water partition coefficient (Wildman–Crippen LogP) is 4.69. The van der Waals surface area contributed by atoms with Gasteiger partial charge in [0, 0.05) is 17.4 Å². The first-order valence-electron chi connectivity index (χ1n) is 12.0. The maximum atomic E-state index is 14.8. The lowest BCUT2D eigenvalue weighted by molar-refractivity contribution is -0.606. The van der Waals surface area contributed by atoms with Gasteiger partial charge in [-0.3, -0.25) is 0 Å². The average Bonchev–Trinajstić information content (AvgIpc) is 3.30. The van der Waals surface area contributed by atoms with Crippen LogP contribution in [0.1, 0.15) is 50.3 Å². The molecular weight excluding hydrogens is 510 g/mol. The second-order valence-electron chi connectivity index (χ2n) is 10.5. The summed E-state index contributed by atoms with van der Waals surface area (Å²) in [5.41, 5.74) is 0.319. The van der Waals surface area contributed by atoms with E-state index in [0.717, 1.165) is 6.26 Å². The minimum absolute atomic E-state index is 0.261. The Bertz CT molecular complexity index is 1600. The predicted molar refractivity (Wildman–Crippen MR) is 141 cm³/mol. The summed E-state index contributed by atoms with van der Waals surface area (Å²) >= 11 is 0. The zero-order valence-electron chi connectivity index (χ0n) is 21.9. The summed E-state index contributed by atoms with van der Waals surface area (Å²) in [4.78, 5) is 3.02. The van der Waals surface area contributed by atoms with Crippen molar-refractivity contribution in [1.29, 1.82) is 0 Å². The summed E-state index contributed by atoms with van der Waals surface area (Å²) in [5, 5.41) is 20.2. The highest BCUT2D eigenvalue weighted by Gasteiger charge is 2.39. The number of rotatable bonds is 7. The number of aliphatic hydroxyl groups excluding tert-OH is 1. The van der Waals surface area contributed by atoms with Crippen molar-refractivity contribution in [3.63, 3.8) is 0 Å². The highest BCUT2D eigenvalue weighted by Crippen LogP contribution is 2.33. The molecule has 0 spiro atoms. The molecule has 3 N–H and O–H groups in total. The number of hydrogen-bond donors (Lipinski definition) is 3. The van der Waals surface area contributed by atoms with Crippen molar-refractivity contribution in [3.05, 3.63) is 101 Å². The molecule has 1 aromatic heterocycles. The van der Waals surface area contributed by atoms with Crippen molar-refractivity contribution < 1.29 is 32.0 Å². The van der Waals surface area contributed by atoms with Crippen molar-refractivity contribution >= 4 is 9.84 Å². The van der Waals surface area contributed by atoms with Gasteiger partial charge in [-0.25, -0.2) is 22.2 Å². The number of aromatic nitrogens is 2. The highest BCUT2D eigenvalue weighted by molar-refractivity contribution is 7.90. The second-order valence-corrected chi connectivity index (χ2v) is 12.4. The van der Waals surface area contributed by atoms with Crippen LogP contribution in [0.5, 0.6) is 0 Å². The maximum Gasteiger partial charge on any atom is 0.270 e. The van der Waals surface area contributed by atoms with Gasteiger partial charge in [0.1, 0.15) is 29.1 Å². The number of H-pyrrole nitrogens is 1. The Morgan fingerprint density at radius 1 is 0.921 bits per heavy atom. The molecule has 3 aromatic carbocycles. The molecule has 0 saturated heterocycles. The van der Waals surface area contributed by atoms with Gasteiger partial charge in [0.25, 0.3) is 5.82 Å². The molecule has 4 rings (SSSR count). The van der Waals surface area contributed by atoms with E-state index >= 15 is 0 Å². The maximum absolute atomic E-state index is 14.8. The molecule has 0 saturated carbocycles. The van der Waals surface area contributed by atoms with E-state index in [1.165, 1.54) is 18.2 Å². The van der Waals surface area contributed by atoms with E-state index in [-0.39, 0.29) is 16.3 Å².